The molecule has 0 N–H and O–H groups in total. The molecule has 4 heteroatoms. The highest BCUT2D eigenvalue weighted by molar-refractivity contribution is 5.99. The monoisotopic (exact) mass is 246 g/mol. The zero-order chi connectivity index (χ0) is 13.0. The predicted molar refractivity (Wildman–Crippen MR) is 66.0 cm³/mol. The zero-order valence-electron chi connectivity index (χ0n) is 10.3. The maximum atomic E-state index is 11.6. The Balaban J connectivity index is 2.24. The minimum Gasteiger partial charge on any atom is -0.496 e. The lowest BCUT2D eigenvalue weighted by Crippen LogP contribution is -2.03. The number of rotatable bonds is 5. The summed E-state index contributed by atoms with van der Waals surface area (Å²) in [4.78, 5) is 11.6. The topological polar surface area (TPSA) is 48.7 Å². The van der Waals surface area contributed by atoms with Crippen LogP contribution in [-0.4, -0.2) is 12.9 Å². The van der Waals surface area contributed by atoms with Gasteiger partial charge < -0.3 is 13.9 Å². The number of methoxy groups -OCH3 is 1. The van der Waals surface area contributed by atoms with Crippen LogP contribution in [-0.2, 0) is 6.61 Å². The first-order valence-corrected chi connectivity index (χ1v) is 5.55. The third-order valence-electron chi connectivity index (χ3n) is 2.51. The molecule has 0 amide bonds. The number of hydrogen-bond acceptors (Lipinski definition) is 4. The molecule has 0 saturated heterocycles. The smallest absolute Gasteiger partial charge is 0.167 e. The maximum absolute atomic E-state index is 11.6. The van der Waals surface area contributed by atoms with Crippen LogP contribution in [0.1, 0.15) is 23.0 Å². The van der Waals surface area contributed by atoms with Gasteiger partial charge in [0.15, 0.2) is 5.78 Å². The number of ether oxygens (including phenoxy) is 2. The van der Waals surface area contributed by atoms with Gasteiger partial charge in [-0.05, 0) is 31.2 Å². The first kappa shape index (κ1) is 12.2. The lowest BCUT2D eigenvalue weighted by atomic mass is 10.1. The summed E-state index contributed by atoms with van der Waals surface area (Å²) in [6.07, 6.45) is 1.58. The largest absolute Gasteiger partial charge is 0.496 e. The van der Waals surface area contributed by atoms with E-state index in [0.717, 1.165) is 0 Å². The average molecular weight is 246 g/mol. The summed E-state index contributed by atoms with van der Waals surface area (Å²) < 4.78 is 15.9. The molecular weight excluding hydrogens is 232 g/mol. The lowest BCUT2D eigenvalue weighted by Gasteiger charge is -2.11. The molecule has 0 aliphatic carbocycles. The summed E-state index contributed by atoms with van der Waals surface area (Å²) >= 11 is 0. The number of benzene rings is 1. The molecule has 0 unspecified atom stereocenters. The van der Waals surface area contributed by atoms with Gasteiger partial charge in [-0.3, -0.25) is 4.79 Å². The van der Waals surface area contributed by atoms with E-state index in [-0.39, 0.29) is 12.4 Å². The quantitative estimate of drug-likeness (QED) is 0.761. The van der Waals surface area contributed by atoms with Crippen molar-refractivity contribution in [2.45, 2.75) is 13.5 Å². The van der Waals surface area contributed by atoms with Crippen molar-refractivity contribution < 1.29 is 18.7 Å². The molecule has 0 aliphatic rings. The van der Waals surface area contributed by atoms with Crippen molar-refractivity contribution in [3.63, 3.8) is 0 Å². The zero-order valence-corrected chi connectivity index (χ0v) is 10.3. The van der Waals surface area contributed by atoms with Gasteiger partial charge in [-0.1, -0.05) is 6.07 Å². The van der Waals surface area contributed by atoms with Crippen LogP contribution in [0.25, 0.3) is 0 Å². The van der Waals surface area contributed by atoms with E-state index in [4.69, 9.17) is 13.9 Å². The number of carbonyl (C=O) groups excluding carboxylic acids is 1. The third-order valence-corrected chi connectivity index (χ3v) is 2.51. The Bertz CT molecular complexity index is 529. The van der Waals surface area contributed by atoms with E-state index in [2.05, 4.69) is 0 Å². The van der Waals surface area contributed by atoms with E-state index in [0.29, 0.717) is 22.8 Å². The van der Waals surface area contributed by atoms with Gasteiger partial charge in [-0.15, -0.1) is 0 Å². The van der Waals surface area contributed by atoms with E-state index in [1.165, 1.54) is 14.0 Å². The van der Waals surface area contributed by atoms with Crippen LogP contribution in [0.15, 0.2) is 41.0 Å². The molecular formula is C14H14O4. The molecule has 1 heterocycles. The van der Waals surface area contributed by atoms with Crippen molar-refractivity contribution in [2.24, 2.45) is 0 Å². The second-order valence-electron chi connectivity index (χ2n) is 3.76. The number of carbonyl (C=O) groups is 1. The molecule has 0 fully saturated rings. The molecule has 2 rings (SSSR count). The van der Waals surface area contributed by atoms with Gasteiger partial charge in [0, 0.05) is 0 Å². The van der Waals surface area contributed by atoms with Gasteiger partial charge in [-0.25, -0.2) is 0 Å². The molecule has 0 bridgehead atoms. The normalized spacial score (nSPS) is 10.1. The van der Waals surface area contributed by atoms with E-state index >= 15 is 0 Å². The molecule has 1 aromatic heterocycles. The van der Waals surface area contributed by atoms with Crippen molar-refractivity contribution in [2.75, 3.05) is 7.11 Å². The third kappa shape index (κ3) is 2.53. The van der Waals surface area contributed by atoms with Crippen molar-refractivity contribution in [1.82, 2.24) is 0 Å². The molecule has 2 aromatic rings. The van der Waals surface area contributed by atoms with Crippen molar-refractivity contribution in [3.05, 3.63) is 47.9 Å². The summed E-state index contributed by atoms with van der Waals surface area (Å²) in [5.74, 6) is 1.62. The number of Topliss-reactive ketones (excluding diaryl/α,β-unsaturated/α-hetero) is 1. The number of furan rings is 1. The maximum Gasteiger partial charge on any atom is 0.167 e. The van der Waals surface area contributed by atoms with Gasteiger partial charge in [-0.2, -0.15) is 0 Å². The van der Waals surface area contributed by atoms with Crippen LogP contribution in [0.4, 0.5) is 0 Å². The Labute approximate surface area is 105 Å². The second kappa shape index (κ2) is 5.40. The molecule has 0 atom stereocenters. The van der Waals surface area contributed by atoms with E-state index in [1.54, 1.807) is 30.5 Å². The SMILES string of the molecule is COc1cccc(OCc2ccco2)c1C(C)=O. The molecule has 1 aromatic carbocycles. The van der Waals surface area contributed by atoms with Crippen molar-refractivity contribution >= 4 is 5.78 Å². The molecule has 0 saturated carbocycles. The van der Waals surface area contributed by atoms with E-state index < -0.39 is 0 Å². The van der Waals surface area contributed by atoms with E-state index in [1.807, 2.05) is 6.07 Å². The molecule has 0 radical (unpaired) electrons. The predicted octanol–water partition coefficient (Wildman–Crippen LogP) is 3.07. The molecule has 0 spiro atoms. The number of ketones is 1. The Hall–Kier alpha value is -2.23. The molecule has 94 valence electrons. The fourth-order valence-electron chi connectivity index (χ4n) is 1.69. The van der Waals surface area contributed by atoms with Gasteiger partial charge >= 0.3 is 0 Å². The highest BCUT2D eigenvalue weighted by atomic mass is 16.5. The average Bonchev–Trinajstić information content (AvgIpc) is 2.88. The van der Waals surface area contributed by atoms with Crippen LogP contribution in [0.3, 0.4) is 0 Å². The van der Waals surface area contributed by atoms with E-state index in [9.17, 15) is 4.79 Å². The standard InChI is InChI=1S/C14H14O4/c1-10(15)14-12(16-2)6-3-7-13(14)18-9-11-5-4-8-17-11/h3-8H,9H2,1-2H3. The summed E-state index contributed by atoms with van der Waals surface area (Å²) in [6, 6.07) is 8.85. The van der Waals surface area contributed by atoms with Crippen LogP contribution >= 0.6 is 0 Å². The first-order chi connectivity index (χ1) is 8.72. The Morgan fingerprint density at radius 2 is 2.00 bits per heavy atom. The first-order valence-electron chi connectivity index (χ1n) is 5.55. The van der Waals surface area contributed by atoms with Crippen LogP contribution in [0, 0.1) is 0 Å². The summed E-state index contributed by atoms with van der Waals surface area (Å²) in [5.41, 5.74) is 0.451. The highest BCUT2D eigenvalue weighted by Gasteiger charge is 2.14. The van der Waals surface area contributed by atoms with Gasteiger partial charge in [0.05, 0.1) is 13.4 Å². The van der Waals surface area contributed by atoms with Crippen LogP contribution in [0.5, 0.6) is 11.5 Å². The van der Waals surface area contributed by atoms with Crippen LogP contribution in [0.2, 0.25) is 0 Å². The fraction of sp³-hybridized carbons (Fsp3) is 0.214. The Morgan fingerprint density at radius 1 is 1.22 bits per heavy atom. The van der Waals surface area contributed by atoms with Crippen molar-refractivity contribution in [1.29, 1.82) is 0 Å². The summed E-state index contributed by atoms with van der Waals surface area (Å²) in [6.45, 7) is 1.76. The fourth-order valence-corrected chi connectivity index (χ4v) is 1.69. The Kier molecular flexibility index (Phi) is 3.67. The van der Waals surface area contributed by atoms with Gasteiger partial charge in [0.1, 0.15) is 29.4 Å². The second-order valence-corrected chi connectivity index (χ2v) is 3.76. The lowest BCUT2D eigenvalue weighted by molar-refractivity contribution is 0.100. The summed E-state index contributed by atoms with van der Waals surface area (Å²) in [5, 5.41) is 0. The molecule has 4 nitrogen and oxygen atoms in total. The number of hydrogen-bond donors (Lipinski definition) is 0. The van der Waals surface area contributed by atoms with Crippen LogP contribution < -0.4 is 9.47 Å². The minimum atomic E-state index is -0.0955. The molecule has 18 heavy (non-hydrogen) atoms. The summed E-state index contributed by atoms with van der Waals surface area (Å²) in [7, 11) is 1.53. The van der Waals surface area contributed by atoms with Crippen molar-refractivity contribution in [3.8, 4) is 11.5 Å². The van der Waals surface area contributed by atoms with Gasteiger partial charge in [0.2, 0.25) is 0 Å². The molecule has 0 aliphatic heterocycles. The Morgan fingerprint density at radius 3 is 2.61 bits per heavy atom. The minimum absolute atomic E-state index is 0.0955. The van der Waals surface area contributed by atoms with Gasteiger partial charge in [0.25, 0.3) is 0 Å². The highest BCUT2D eigenvalue weighted by Crippen LogP contribution is 2.29.